The van der Waals surface area contributed by atoms with E-state index in [0.717, 1.165) is 103 Å². The maximum absolute atomic E-state index is 12.8. The van der Waals surface area contributed by atoms with Crippen LogP contribution in [0.15, 0.2) is 100 Å². The van der Waals surface area contributed by atoms with Crippen LogP contribution in [0.25, 0.3) is 32.0 Å². The molecule has 0 aliphatic carbocycles. The zero-order valence-electron chi connectivity index (χ0n) is 45.9. The molecule has 3 aliphatic heterocycles. The number of thioether (sulfide) groups is 2. The number of anilines is 2. The molecule has 3 aliphatic rings. The summed E-state index contributed by atoms with van der Waals surface area (Å²) < 4.78 is 101. The number of piperidine rings is 2. The fourth-order valence-electron chi connectivity index (χ4n) is 9.03. The largest absolute Gasteiger partial charge is 0.496 e. The Kier molecular flexibility index (Phi) is 19.2. The van der Waals surface area contributed by atoms with Gasteiger partial charge in [-0.2, -0.15) is 26.3 Å². The van der Waals surface area contributed by atoms with E-state index in [1.807, 2.05) is 97.1 Å². The summed E-state index contributed by atoms with van der Waals surface area (Å²) in [5.74, 6) is 1.24. The number of fused-ring (bicyclic) bond motifs is 2. The third-order valence-electron chi connectivity index (χ3n) is 14.6. The van der Waals surface area contributed by atoms with Crippen molar-refractivity contribution in [2.75, 3.05) is 48.5 Å². The van der Waals surface area contributed by atoms with E-state index in [-0.39, 0.29) is 36.4 Å². The minimum atomic E-state index is -4.44. The average molecular weight is 1270 g/mol. The van der Waals surface area contributed by atoms with Crippen LogP contribution in [0.3, 0.4) is 0 Å². The van der Waals surface area contributed by atoms with Crippen molar-refractivity contribution in [1.29, 1.82) is 0 Å². The van der Waals surface area contributed by atoms with Crippen molar-refractivity contribution < 1.29 is 45.1 Å². The molecule has 0 N–H and O–H groups in total. The Morgan fingerprint density at radius 1 is 0.585 bits per heavy atom. The van der Waals surface area contributed by atoms with Gasteiger partial charge in [-0.25, -0.2) is 44.9 Å². The first kappa shape index (κ1) is 61.1. The monoisotopic (exact) mass is 1270 g/mol. The van der Waals surface area contributed by atoms with Crippen molar-refractivity contribution in [3.05, 3.63) is 101 Å². The molecule has 0 amide bonds. The molecule has 0 radical (unpaired) electrons. The Hall–Kier alpha value is -5.52. The van der Waals surface area contributed by atoms with Gasteiger partial charge in [0.2, 0.25) is 11.9 Å². The third kappa shape index (κ3) is 15.0. The van der Waals surface area contributed by atoms with E-state index >= 15 is 0 Å². The highest BCUT2D eigenvalue weighted by Crippen LogP contribution is 2.38. The van der Waals surface area contributed by atoms with Crippen LogP contribution in [0.2, 0.25) is 0 Å². The van der Waals surface area contributed by atoms with E-state index in [0.29, 0.717) is 54.4 Å². The maximum atomic E-state index is 12.8. The van der Waals surface area contributed by atoms with E-state index in [1.165, 1.54) is 22.7 Å². The number of ether oxygens (including phenoxy) is 2. The van der Waals surface area contributed by atoms with Crippen LogP contribution in [0.5, 0.6) is 10.4 Å². The number of aromatic nitrogens is 10. The fraction of sp³-hybridized carbons (Fsp3) is 0.444. The molecule has 11 rings (SSSR count). The molecule has 82 heavy (non-hydrogen) atoms. The Bertz CT molecular complexity index is 3380. The quantitative estimate of drug-likeness (QED) is 0.0489. The molecule has 2 atom stereocenters. The second-order valence-electron chi connectivity index (χ2n) is 20.6. The lowest BCUT2D eigenvalue weighted by Crippen LogP contribution is -2.41. The summed E-state index contributed by atoms with van der Waals surface area (Å²) in [4.78, 5) is 48.0. The van der Waals surface area contributed by atoms with E-state index in [2.05, 4.69) is 88.5 Å². The molecule has 8 aromatic heterocycles. The molecule has 0 bridgehead atoms. The van der Waals surface area contributed by atoms with Gasteiger partial charge in [-0.15, -0.1) is 23.5 Å². The number of pyridine rings is 4. The minimum Gasteiger partial charge on any atom is -0.467 e. The van der Waals surface area contributed by atoms with Crippen molar-refractivity contribution in [3.8, 4) is 21.6 Å². The number of alkyl halides is 6. The predicted octanol–water partition coefficient (Wildman–Crippen LogP) is 13.0. The number of nitrogens with zero attached hydrogens (tertiary/aromatic N) is 12. The van der Waals surface area contributed by atoms with Crippen molar-refractivity contribution in [2.24, 2.45) is 11.8 Å². The van der Waals surface area contributed by atoms with Gasteiger partial charge >= 0.3 is 19.5 Å². The molecule has 0 spiro atoms. The summed E-state index contributed by atoms with van der Waals surface area (Å²) in [5.41, 5.74) is 2.07. The normalized spacial score (nSPS) is 17.5. The van der Waals surface area contributed by atoms with Gasteiger partial charge in [-0.3, -0.25) is 4.98 Å². The lowest BCUT2D eigenvalue weighted by molar-refractivity contribution is -0.138. The number of rotatable bonds is 12. The average Bonchev–Trinajstić information content (AvgIpc) is 4.02. The van der Waals surface area contributed by atoms with Crippen LogP contribution >= 0.6 is 62.1 Å². The lowest BCUT2D eigenvalue weighted by atomic mass is 9.80. The van der Waals surface area contributed by atoms with Crippen molar-refractivity contribution >= 4 is 107 Å². The topological polar surface area (TPSA) is 172 Å². The smallest absolute Gasteiger partial charge is 0.467 e. The predicted molar refractivity (Wildman–Crippen MR) is 313 cm³/mol. The van der Waals surface area contributed by atoms with Gasteiger partial charge in [0.15, 0.2) is 0 Å². The highest BCUT2D eigenvalue weighted by Gasteiger charge is 2.52. The summed E-state index contributed by atoms with van der Waals surface area (Å²) in [6.07, 6.45) is 5.33. The van der Waals surface area contributed by atoms with Gasteiger partial charge in [0.1, 0.15) is 37.5 Å². The van der Waals surface area contributed by atoms with Gasteiger partial charge < -0.3 is 28.6 Å². The maximum Gasteiger partial charge on any atom is 0.496 e. The van der Waals surface area contributed by atoms with Gasteiger partial charge in [-0.1, -0.05) is 28.7 Å². The van der Waals surface area contributed by atoms with E-state index in [1.54, 1.807) is 23.5 Å². The number of halogens is 7. The summed E-state index contributed by atoms with van der Waals surface area (Å²) >= 11 is 9.39. The second kappa shape index (κ2) is 25.8. The van der Waals surface area contributed by atoms with Crippen molar-refractivity contribution in [2.45, 2.75) is 113 Å². The number of thiazole rings is 2. The highest BCUT2D eigenvalue weighted by molar-refractivity contribution is 9.10. The molecule has 434 valence electrons. The van der Waals surface area contributed by atoms with Crippen molar-refractivity contribution in [1.82, 2.24) is 49.8 Å². The Morgan fingerprint density at radius 3 is 1.44 bits per heavy atom. The third-order valence-corrected chi connectivity index (χ3v) is 18.1. The van der Waals surface area contributed by atoms with Crippen molar-refractivity contribution in [3.63, 3.8) is 0 Å². The first-order valence-corrected chi connectivity index (χ1v) is 31.0. The molecule has 3 saturated heterocycles. The summed E-state index contributed by atoms with van der Waals surface area (Å²) in [7, 11) is -0.316. The fourth-order valence-corrected chi connectivity index (χ4v) is 11.9. The van der Waals surface area contributed by atoms with Crippen LogP contribution in [-0.4, -0.2) is 119 Å². The summed E-state index contributed by atoms with van der Waals surface area (Å²) in [6.45, 7) is 14.9. The van der Waals surface area contributed by atoms with Gasteiger partial charge in [0, 0.05) is 74.4 Å². The van der Waals surface area contributed by atoms with Gasteiger partial charge in [-0.05, 0) is 150 Å². The molecule has 28 heteroatoms. The van der Waals surface area contributed by atoms with E-state index < -0.39 is 23.5 Å². The number of hydrogen-bond acceptors (Lipinski definition) is 20. The first-order chi connectivity index (χ1) is 38.9. The zero-order chi connectivity index (χ0) is 58.6. The standard InChI is InChI=1S/C24H23F3N6OS2.C18H17BrF3N5OS.C12H18BNO2S/c1-14(15-7-9-33(10-8-15)22-29-12-17(13-30-22)24(25,26)27)34-23-32-19-5-4-18(31-21(19)36-23)16-3-6-20(35-2)28-11-16;1-10(28-17-25-13-2-3-14(19)26-15(13)29-17)11-4-6-27(7-5-11)16-23-8-12(9-24-16)18(20,21)22;1-11(2)12(3,4)16-13(15-11)9-6-7-10(17-5)14-8-9/h3-6,11-15H,7-10H2,1-2H3;2-3,8-11H,4-7H2,1H3;6-8H,1-5H3/t14-;10-;/m00./s1. The SMILES string of the molecule is CSc1ccc(-c2ccc3nc(O[C@@H](C)C4CCN(c5ncc(C(F)(F)F)cn5)CC4)sc3n2)cn1.CSc1ccc(B2OC(C)(C)C(C)(C)O2)cn1.C[C@H](Oc1nc2ccc(Br)nc2s1)C1CCN(c2ncc(C(F)(F)F)cn2)CC1. The van der Waals surface area contributed by atoms with E-state index in [4.69, 9.17) is 23.8 Å². The minimum absolute atomic E-state index is 0.0327. The Morgan fingerprint density at radius 2 is 1.02 bits per heavy atom. The molecule has 0 aromatic carbocycles. The lowest BCUT2D eigenvalue weighted by Gasteiger charge is -2.34. The summed E-state index contributed by atoms with van der Waals surface area (Å²) in [5, 5.41) is 3.13. The molecule has 8 aromatic rings. The molecular formula is C54H58BBrF6N12O4S4. The molecule has 0 saturated carbocycles. The summed E-state index contributed by atoms with van der Waals surface area (Å²) in [6, 6.07) is 15.6. The number of hydrogen-bond donors (Lipinski definition) is 0. The zero-order valence-corrected chi connectivity index (χ0v) is 50.8. The molecule has 11 heterocycles. The van der Waals surface area contributed by atoms with Crippen LogP contribution in [0.4, 0.5) is 38.2 Å². The van der Waals surface area contributed by atoms with Crippen LogP contribution < -0.4 is 24.7 Å². The van der Waals surface area contributed by atoms with Crippen LogP contribution in [-0.2, 0) is 21.7 Å². The molecule has 0 unspecified atom stereocenters. The van der Waals surface area contributed by atoms with Gasteiger partial charge in [0.25, 0.3) is 10.4 Å². The van der Waals surface area contributed by atoms with Crippen LogP contribution in [0, 0.1) is 11.8 Å². The first-order valence-electron chi connectivity index (χ1n) is 26.1. The van der Waals surface area contributed by atoms with Gasteiger partial charge in [0.05, 0.1) is 38.1 Å². The van der Waals surface area contributed by atoms with E-state index in [9.17, 15) is 26.3 Å². The molecule has 3 fully saturated rings. The molecule has 16 nitrogen and oxygen atoms in total. The molecular weight excluding hydrogens is 1210 g/mol. The second-order valence-corrected chi connectivity index (χ2v) is 24.9. The Labute approximate surface area is 495 Å². The Balaban J connectivity index is 0.000000158. The van der Waals surface area contributed by atoms with Crippen LogP contribution in [0.1, 0.15) is 78.4 Å². The highest BCUT2D eigenvalue weighted by atomic mass is 79.9.